The zero-order chi connectivity index (χ0) is 19.8. The summed E-state index contributed by atoms with van der Waals surface area (Å²) in [6.45, 7) is 4.12. The van der Waals surface area contributed by atoms with E-state index in [1.54, 1.807) is 13.0 Å². The van der Waals surface area contributed by atoms with Crippen molar-refractivity contribution in [1.82, 2.24) is 5.32 Å². The first kappa shape index (κ1) is 20.2. The van der Waals surface area contributed by atoms with Crippen LogP contribution in [0.25, 0.3) is 0 Å². The molecule has 1 atom stereocenters. The van der Waals surface area contributed by atoms with Crippen LogP contribution in [0.15, 0.2) is 16.6 Å². The Hall–Kier alpha value is -1.51. The zero-order valence-corrected chi connectivity index (χ0v) is 16.9. The number of halogens is 2. The van der Waals surface area contributed by atoms with Gasteiger partial charge in [-0.2, -0.15) is 0 Å². The summed E-state index contributed by atoms with van der Waals surface area (Å²) in [6.07, 6.45) is 1.24. The van der Waals surface area contributed by atoms with Crippen LogP contribution >= 0.6 is 15.9 Å². The third-order valence-corrected chi connectivity index (χ3v) is 5.99. The standard InChI is InChI=1S/C19H23BrFNO5/c1-11-7-15(21)14(20)8-13(11)9-16(23)22-18(17(24)25)3-5-19(6-4-18)26-10-12(2)27-19/h7-8,12H,3-6,9-10H2,1-2H3,(H,22,23)(H,24,25). The van der Waals surface area contributed by atoms with Gasteiger partial charge in [-0.3, -0.25) is 4.79 Å². The Morgan fingerprint density at radius 1 is 1.33 bits per heavy atom. The maximum absolute atomic E-state index is 13.6. The molecule has 0 aromatic heterocycles. The number of carbonyl (C=O) groups is 2. The molecule has 2 fully saturated rings. The lowest BCUT2D eigenvalue weighted by Crippen LogP contribution is -2.59. The number of carboxylic acids is 1. The second kappa shape index (κ2) is 7.48. The maximum Gasteiger partial charge on any atom is 0.329 e. The fourth-order valence-electron chi connectivity index (χ4n) is 3.78. The number of ether oxygens (including phenoxy) is 2. The number of amides is 1. The third kappa shape index (κ3) is 4.17. The topological polar surface area (TPSA) is 84.9 Å². The van der Waals surface area contributed by atoms with Crippen LogP contribution in [0.5, 0.6) is 0 Å². The largest absolute Gasteiger partial charge is 0.480 e. The van der Waals surface area contributed by atoms with Crippen molar-refractivity contribution in [2.45, 2.75) is 63.4 Å². The molecule has 27 heavy (non-hydrogen) atoms. The van der Waals surface area contributed by atoms with Gasteiger partial charge in [-0.05, 0) is 65.9 Å². The molecule has 1 amide bonds. The Kier molecular flexibility index (Phi) is 5.61. The van der Waals surface area contributed by atoms with Crippen LogP contribution in [0.1, 0.15) is 43.7 Å². The van der Waals surface area contributed by atoms with Gasteiger partial charge in [-0.15, -0.1) is 0 Å². The number of aryl methyl sites for hydroxylation is 1. The van der Waals surface area contributed by atoms with E-state index in [-0.39, 0.29) is 29.8 Å². The predicted octanol–water partition coefficient (Wildman–Crippen LogP) is 3.08. The molecule has 1 saturated carbocycles. The molecule has 2 N–H and O–H groups in total. The zero-order valence-electron chi connectivity index (χ0n) is 15.3. The van der Waals surface area contributed by atoms with Gasteiger partial charge in [-0.1, -0.05) is 0 Å². The minimum Gasteiger partial charge on any atom is -0.480 e. The average molecular weight is 444 g/mol. The quantitative estimate of drug-likeness (QED) is 0.746. The highest BCUT2D eigenvalue weighted by atomic mass is 79.9. The molecule has 1 heterocycles. The highest BCUT2D eigenvalue weighted by Crippen LogP contribution is 2.42. The normalized spacial score (nSPS) is 30.4. The van der Waals surface area contributed by atoms with Crippen LogP contribution in [0.3, 0.4) is 0 Å². The number of carbonyl (C=O) groups excluding carboxylic acids is 1. The molecule has 3 rings (SSSR count). The molecule has 1 aromatic rings. The Morgan fingerprint density at radius 3 is 2.56 bits per heavy atom. The van der Waals surface area contributed by atoms with Crippen molar-refractivity contribution < 1.29 is 28.6 Å². The van der Waals surface area contributed by atoms with Crippen LogP contribution < -0.4 is 5.32 Å². The number of rotatable bonds is 4. The minimum absolute atomic E-state index is 0.0168. The summed E-state index contributed by atoms with van der Waals surface area (Å²) >= 11 is 3.11. The van der Waals surface area contributed by atoms with Crippen molar-refractivity contribution >= 4 is 27.8 Å². The predicted molar refractivity (Wildman–Crippen MR) is 98.7 cm³/mol. The molecule has 1 aromatic carbocycles. The molecular formula is C19H23BrFNO5. The number of hydrogen-bond acceptors (Lipinski definition) is 4. The molecule has 0 radical (unpaired) electrons. The lowest BCUT2D eigenvalue weighted by atomic mass is 9.78. The van der Waals surface area contributed by atoms with E-state index >= 15 is 0 Å². The van der Waals surface area contributed by atoms with E-state index in [1.807, 2.05) is 6.92 Å². The molecular weight excluding hydrogens is 421 g/mol. The molecule has 0 bridgehead atoms. The second-order valence-corrected chi connectivity index (χ2v) is 8.31. The van der Waals surface area contributed by atoms with Crippen LogP contribution in [0.2, 0.25) is 0 Å². The molecule has 1 unspecified atom stereocenters. The van der Waals surface area contributed by atoms with Crippen molar-refractivity contribution in [2.75, 3.05) is 6.61 Å². The molecule has 1 aliphatic carbocycles. The van der Waals surface area contributed by atoms with Crippen molar-refractivity contribution in [3.8, 4) is 0 Å². The highest BCUT2D eigenvalue weighted by Gasteiger charge is 2.51. The van der Waals surface area contributed by atoms with E-state index in [0.29, 0.717) is 30.6 Å². The molecule has 148 valence electrons. The number of hydrogen-bond donors (Lipinski definition) is 2. The van der Waals surface area contributed by atoms with Gasteiger partial charge in [-0.25, -0.2) is 9.18 Å². The SMILES string of the molecule is Cc1cc(F)c(Br)cc1CC(=O)NC1(C(=O)O)CCC2(CC1)OCC(C)O2. The van der Waals surface area contributed by atoms with E-state index in [2.05, 4.69) is 21.2 Å². The van der Waals surface area contributed by atoms with Gasteiger partial charge in [0.05, 0.1) is 23.6 Å². The average Bonchev–Trinajstić information content (AvgIpc) is 2.96. The van der Waals surface area contributed by atoms with Crippen molar-refractivity contribution in [3.05, 3.63) is 33.5 Å². The van der Waals surface area contributed by atoms with Crippen molar-refractivity contribution in [3.63, 3.8) is 0 Å². The van der Waals surface area contributed by atoms with Gasteiger partial charge in [0.15, 0.2) is 5.79 Å². The van der Waals surface area contributed by atoms with Gasteiger partial charge in [0.25, 0.3) is 0 Å². The Balaban J connectivity index is 1.69. The Bertz CT molecular complexity index is 761. The summed E-state index contributed by atoms with van der Waals surface area (Å²) in [5.41, 5.74) is -0.0593. The summed E-state index contributed by atoms with van der Waals surface area (Å²) in [5, 5.41) is 12.5. The van der Waals surface area contributed by atoms with E-state index in [9.17, 15) is 19.1 Å². The molecule has 2 aliphatic rings. The fraction of sp³-hybridized carbons (Fsp3) is 0.579. The Morgan fingerprint density at radius 2 is 2.00 bits per heavy atom. The lowest BCUT2D eigenvalue weighted by molar-refractivity contribution is -0.198. The first-order chi connectivity index (χ1) is 12.6. The van der Waals surface area contributed by atoms with E-state index in [0.717, 1.165) is 0 Å². The molecule has 1 spiro atoms. The van der Waals surface area contributed by atoms with E-state index < -0.39 is 29.0 Å². The third-order valence-electron chi connectivity index (χ3n) is 5.38. The number of nitrogens with one attached hydrogen (secondary N) is 1. The van der Waals surface area contributed by atoms with E-state index in [1.165, 1.54) is 6.07 Å². The summed E-state index contributed by atoms with van der Waals surface area (Å²) in [4.78, 5) is 24.5. The molecule has 1 saturated heterocycles. The van der Waals surface area contributed by atoms with Gasteiger partial charge < -0.3 is 19.9 Å². The molecule has 6 nitrogen and oxygen atoms in total. The number of carboxylic acid groups (broad SMARTS) is 1. The summed E-state index contributed by atoms with van der Waals surface area (Å²) < 4.78 is 25.4. The first-order valence-electron chi connectivity index (χ1n) is 8.95. The van der Waals surface area contributed by atoms with Gasteiger partial charge in [0.1, 0.15) is 11.4 Å². The molecule has 8 heteroatoms. The van der Waals surface area contributed by atoms with E-state index in [4.69, 9.17) is 9.47 Å². The summed E-state index contributed by atoms with van der Waals surface area (Å²) in [6, 6.07) is 2.90. The minimum atomic E-state index is -1.34. The highest BCUT2D eigenvalue weighted by molar-refractivity contribution is 9.10. The smallest absolute Gasteiger partial charge is 0.329 e. The second-order valence-electron chi connectivity index (χ2n) is 7.46. The van der Waals surface area contributed by atoms with Crippen LogP contribution in [0, 0.1) is 12.7 Å². The maximum atomic E-state index is 13.6. The first-order valence-corrected chi connectivity index (χ1v) is 9.75. The van der Waals surface area contributed by atoms with Crippen molar-refractivity contribution in [1.29, 1.82) is 0 Å². The fourth-order valence-corrected chi connectivity index (χ4v) is 4.17. The number of aliphatic carboxylic acids is 1. The van der Waals surface area contributed by atoms with Crippen molar-refractivity contribution in [2.24, 2.45) is 0 Å². The molecule has 1 aliphatic heterocycles. The van der Waals surface area contributed by atoms with Gasteiger partial charge in [0, 0.05) is 12.8 Å². The van der Waals surface area contributed by atoms with Crippen LogP contribution in [0.4, 0.5) is 4.39 Å². The van der Waals surface area contributed by atoms with Gasteiger partial charge in [0.2, 0.25) is 5.91 Å². The summed E-state index contributed by atoms with van der Waals surface area (Å²) in [5.74, 6) is -2.60. The monoisotopic (exact) mass is 443 g/mol. The summed E-state index contributed by atoms with van der Waals surface area (Å²) in [7, 11) is 0. The van der Waals surface area contributed by atoms with Crippen LogP contribution in [-0.2, 0) is 25.5 Å². The van der Waals surface area contributed by atoms with Gasteiger partial charge >= 0.3 is 5.97 Å². The number of benzene rings is 1. The lowest BCUT2D eigenvalue weighted by Gasteiger charge is -2.41. The van der Waals surface area contributed by atoms with Crippen LogP contribution in [-0.4, -0.2) is 41.0 Å². The Labute approximate surface area is 165 Å².